The molecule has 2 aromatic rings. The quantitative estimate of drug-likeness (QED) is 0.831. The highest BCUT2D eigenvalue weighted by Gasteiger charge is 2.15. The van der Waals surface area contributed by atoms with E-state index in [-0.39, 0.29) is 12.6 Å². The van der Waals surface area contributed by atoms with Crippen LogP contribution in [0.3, 0.4) is 0 Å². The first-order chi connectivity index (χ1) is 10.5. The summed E-state index contributed by atoms with van der Waals surface area (Å²) in [5.74, 6) is -4.87. The molecule has 0 fully saturated rings. The summed E-state index contributed by atoms with van der Waals surface area (Å²) in [5, 5.41) is 5.16. The van der Waals surface area contributed by atoms with Crippen LogP contribution < -0.4 is 10.6 Å². The van der Waals surface area contributed by atoms with Crippen molar-refractivity contribution in [3.8, 4) is 0 Å². The fraction of sp³-hybridized carbons (Fsp3) is 0.188. The molecule has 0 spiro atoms. The zero-order valence-electron chi connectivity index (χ0n) is 11.9. The van der Waals surface area contributed by atoms with Crippen LogP contribution >= 0.6 is 0 Å². The van der Waals surface area contributed by atoms with Gasteiger partial charge in [0, 0.05) is 6.04 Å². The Hall–Kier alpha value is -2.34. The lowest BCUT2D eigenvalue weighted by atomic mass is 10.1. The highest BCUT2D eigenvalue weighted by atomic mass is 19.2. The molecule has 0 aliphatic rings. The molecule has 116 valence electrons. The van der Waals surface area contributed by atoms with Crippen molar-refractivity contribution in [3.05, 3.63) is 65.5 Å². The second-order valence-corrected chi connectivity index (χ2v) is 4.78. The van der Waals surface area contributed by atoms with Gasteiger partial charge in [-0.05, 0) is 24.6 Å². The minimum atomic E-state index is -1.61. The number of hydrogen-bond donors (Lipinski definition) is 2. The molecule has 0 bridgehead atoms. The molecule has 0 aliphatic carbocycles. The number of amides is 1. The molecule has 1 atom stereocenters. The number of carbonyl (C=O) groups is 1. The topological polar surface area (TPSA) is 41.1 Å². The summed E-state index contributed by atoms with van der Waals surface area (Å²) in [7, 11) is 0. The van der Waals surface area contributed by atoms with Crippen LogP contribution in [0.15, 0.2) is 42.5 Å². The monoisotopic (exact) mass is 308 g/mol. The Morgan fingerprint density at radius 1 is 1.05 bits per heavy atom. The maximum absolute atomic E-state index is 13.4. The molecule has 0 aliphatic heterocycles. The van der Waals surface area contributed by atoms with Gasteiger partial charge in [0.2, 0.25) is 5.91 Å². The van der Waals surface area contributed by atoms with Gasteiger partial charge < -0.3 is 10.6 Å². The Morgan fingerprint density at radius 2 is 1.73 bits per heavy atom. The van der Waals surface area contributed by atoms with Gasteiger partial charge in [-0.15, -0.1) is 0 Å². The summed E-state index contributed by atoms with van der Waals surface area (Å²) in [6, 6.07) is 11.1. The molecule has 0 aromatic heterocycles. The molecule has 2 rings (SSSR count). The van der Waals surface area contributed by atoms with Crippen LogP contribution in [0.25, 0.3) is 0 Å². The summed E-state index contributed by atoms with van der Waals surface area (Å²) in [6.45, 7) is 1.79. The number of hydrogen-bond acceptors (Lipinski definition) is 2. The van der Waals surface area contributed by atoms with Crippen molar-refractivity contribution in [1.82, 2.24) is 5.32 Å². The molecule has 1 amide bonds. The maximum Gasteiger partial charge on any atom is 0.238 e. The predicted molar refractivity (Wildman–Crippen MR) is 77.8 cm³/mol. The summed E-state index contributed by atoms with van der Waals surface area (Å²) in [4.78, 5) is 11.7. The van der Waals surface area contributed by atoms with Crippen LogP contribution in [0.5, 0.6) is 0 Å². The first-order valence-electron chi connectivity index (χ1n) is 6.70. The van der Waals surface area contributed by atoms with Gasteiger partial charge in [-0.25, -0.2) is 13.2 Å². The summed E-state index contributed by atoms with van der Waals surface area (Å²) < 4.78 is 39.3. The van der Waals surface area contributed by atoms with Crippen molar-refractivity contribution in [2.45, 2.75) is 13.0 Å². The molecule has 0 unspecified atom stereocenters. The maximum atomic E-state index is 13.4. The van der Waals surface area contributed by atoms with E-state index in [9.17, 15) is 18.0 Å². The van der Waals surface area contributed by atoms with Crippen molar-refractivity contribution in [1.29, 1.82) is 0 Å². The van der Waals surface area contributed by atoms with E-state index in [1.807, 2.05) is 37.3 Å². The van der Waals surface area contributed by atoms with E-state index < -0.39 is 29.0 Å². The van der Waals surface area contributed by atoms with Crippen molar-refractivity contribution in [3.63, 3.8) is 0 Å². The molecule has 0 radical (unpaired) electrons. The molecular weight excluding hydrogens is 293 g/mol. The standard InChI is InChI=1S/C16H15F3N2O/c1-10(11-5-3-2-4-6-11)20-9-14(22)21-13-8-7-12(17)15(18)16(13)19/h2-8,10,20H,9H2,1H3,(H,21,22)/t10-/m0/s1. The smallest absolute Gasteiger partial charge is 0.238 e. The van der Waals surface area contributed by atoms with Gasteiger partial charge in [0.05, 0.1) is 12.2 Å². The number of anilines is 1. The van der Waals surface area contributed by atoms with Crippen molar-refractivity contribution >= 4 is 11.6 Å². The van der Waals surface area contributed by atoms with E-state index >= 15 is 0 Å². The fourth-order valence-corrected chi connectivity index (χ4v) is 1.92. The lowest BCUT2D eigenvalue weighted by molar-refractivity contribution is -0.115. The van der Waals surface area contributed by atoms with Gasteiger partial charge >= 0.3 is 0 Å². The number of benzene rings is 2. The third-order valence-electron chi connectivity index (χ3n) is 3.18. The number of carbonyl (C=O) groups excluding carboxylic acids is 1. The van der Waals surface area contributed by atoms with E-state index in [0.717, 1.165) is 17.7 Å². The summed E-state index contributed by atoms with van der Waals surface area (Å²) in [5.41, 5.74) is 0.604. The minimum absolute atomic E-state index is 0.0817. The second-order valence-electron chi connectivity index (χ2n) is 4.78. The number of nitrogens with one attached hydrogen (secondary N) is 2. The zero-order valence-corrected chi connectivity index (χ0v) is 11.9. The normalized spacial score (nSPS) is 12.0. The van der Waals surface area contributed by atoms with E-state index in [4.69, 9.17) is 0 Å². The highest BCUT2D eigenvalue weighted by molar-refractivity contribution is 5.92. The first-order valence-corrected chi connectivity index (χ1v) is 6.70. The van der Waals surface area contributed by atoms with Crippen LogP contribution in [0.2, 0.25) is 0 Å². The Labute approximate surface area is 126 Å². The molecule has 2 aromatic carbocycles. The Balaban J connectivity index is 1.92. The van der Waals surface area contributed by atoms with Crippen LogP contribution in [0, 0.1) is 17.5 Å². The van der Waals surface area contributed by atoms with Gasteiger partial charge in [0.25, 0.3) is 0 Å². The molecule has 0 saturated heterocycles. The van der Waals surface area contributed by atoms with Crippen molar-refractivity contribution in [2.75, 3.05) is 11.9 Å². The van der Waals surface area contributed by atoms with Crippen LogP contribution in [0.4, 0.5) is 18.9 Å². The third-order valence-corrected chi connectivity index (χ3v) is 3.18. The number of halogens is 3. The summed E-state index contributed by atoms with van der Waals surface area (Å²) >= 11 is 0. The van der Waals surface area contributed by atoms with E-state index in [1.165, 1.54) is 0 Å². The molecule has 0 saturated carbocycles. The second kappa shape index (κ2) is 7.09. The average molecular weight is 308 g/mol. The molecule has 0 heterocycles. The highest BCUT2D eigenvalue weighted by Crippen LogP contribution is 2.19. The van der Waals surface area contributed by atoms with Gasteiger partial charge in [-0.1, -0.05) is 30.3 Å². The van der Waals surface area contributed by atoms with E-state index in [0.29, 0.717) is 0 Å². The molecule has 2 N–H and O–H groups in total. The lowest BCUT2D eigenvalue weighted by Crippen LogP contribution is -2.30. The fourth-order valence-electron chi connectivity index (χ4n) is 1.92. The van der Waals surface area contributed by atoms with Crippen LogP contribution in [-0.2, 0) is 4.79 Å². The van der Waals surface area contributed by atoms with E-state index in [2.05, 4.69) is 10.6 Å². The average Bonchev–Trinajstić information content (AvgIpc) is 2.54. The van der Waals surface area contributed by atoms with E-state index in [1.54, 1.807) is 0 Å². The largest absolute Gasteiger partial charge is 0.322 e. The van der Waals surface area contributed by atoms with Crippen molar-refractivity contribution < 1.29 is 18.0 Å². The zero-order chi connectivity index (χ0) is 16.1. The molecule has 3 nitrogen and oxygen atoms in total. The third kappa shape index (κ3) is 3.85. The van der Waals surface area contributed by atoms with Gasteiger partial charge in [-0.2, -0.15) is 0 Å². The van der Waals surface area contributed by atoms with Gasteiger partial charge in [0.15, 0.2) is 17.5 Å². The molecule has 22 heavy (non-hydrogen) atoms. The minimum Gasteiger partial charge on any atom is -0.322 e. The molecule has 6 heteroatoms. The Bertz CT molecular complexity index is 662. The predicted octanol–water partition coefficient (Wildman–Crippen LogP) is 3.39. The molecular formula is C16H15F3N2O. The van der Waals surface area contributed by atoms with Gasteiger partial charge in [-0.3, -0.25) is 4.79 Å². The van der Waals surface area contributed by atoms with Crippen LogP contribution in [0.1, 0.15) is 18.5 Å². The van der Waals surface area contributed by atoms with Gasteiger partial charge in [0.1, 0.15) is 0 Å². The number of rotatable bonds is 5. The SMILES string of the molecule is C[C@H](NCC(=O)Nc1ccc(F)c(F)c1F)c1ccccc1. The Morgan fingerprint density at radius 3 is 2.41 bits per heavy atom. The van der Waals surface area contributed by atoms with Crippen molar-refractivity contribution in [2.24, 2.45) is 0 Å². The Kier molecular flexibility index (Phi) is 5.16. The first kappa shape index (κ1) is 16.0. The lowest BCUT2D eigenvalue weighted by Gasteiger charge is -2.14. The summed E-state index contributed by atoms with van der Waals surface area (Å²) in [6.07, 6.45) is 0. The van der Waals surface area contributed by atoms with Crippen LogP contribution in [-0.4, -0.2) is 12.5 Å².